The summed E-state index contributed by atoms with van der Waals surface area (Å²) < 4.78 is 0. The van der Waals surface area contributed by atoms with Crippen LogP contribution in [-0.4, -0.2) is 35.1 Å². The van der Waals surface area contributed by atoms with Crippen LogP contribution in [0.4, 0.5) is 0 Å². The van der Waals surface area contributed by atoms with Crippen molar-refractivity contribution in [2.24, 2.45) is 0 Å². The maximum absolute atomic E-state index is 4.11. The monoisotopic (exact) mass is 211 g/mol. The van der Waals surface area contributed by atoms with Crippen LogP contribution in [0.5, 0.6) is 0 Å². The van der Waals surface area contributed by atoms with E-state index in [9.17, 15) is 0 Å². The third kappa shape index (κ3) is 2.13. The van der Waals surface area contributed by atoms with Crippen molar-refractivity contribution in [1.29, 1.82) is 0 Å². The van der Waals surface area contributed by atoms with Crippen LogP contribution in [0.2, 0.25) is 0 Å². The molecule has 2 atom stereocenters. The van der Waals surface area contributed by atoms with Gasteiger partial charge in [-0.2, -0.15) is 0 Å². The molecule has 1 fully saturated rings. The molecule has 0 bridgehead atoms. The minimum absolute atomic E-state index is 0.594. The minimum atomic E-state index is 0.594. The quantitative estimate of drug-likeness (QED) is 0.800. The molecule has 0 spiro atoms. The van der Waals surface area contributed by atoms with Crippen LogP contribution in [0.1, 0.15) is 18.7 Å². The average Bonchev–Trinajstić information content (AvgIpc) is 2.66. The van der Waals surface area contributed by atoms with E-state index in [0.29, 0.717) is 12.1 Å². The first kappa shape index (κ1) is 10.1. The van der Waals surface area contributed by atoms with E-state index in [0.717, 1.165) is 19.6 Å². The molecule has 1 aliphatic rings. The molecule has 1 aromatic rings. The number of nitrogens with one attached hydrogen (secondary N) is 1. The fraction of sp³-hybridized carbons (Fsp3) is 0.700. The highest BCUT2D eigenvalue weighted by Crippen LogP contribution is 2.15. The van der Waals surface area contributed by atoms with Gasteiger partial charge in [0.2, 0.25) is 0 Å². The van der Waals surface area contributed by atoms with Crippen molar-refractivity contribution in [3.8, 4) is 0 Å². The largest absolute Gasteiger partial charge is 0.311 e. The summed E-state index contributed by atoms with van der Waals surface area (Å²) in [5.74, 6) is 0. The van der Waals surface area contributed by atoms with E-state index < -0.39 is 0 Å². The van der Waals surface area contributed by atoms with Gasteiger partial charge in [-0.15, -0.1) is 11.3 Å². The number of rotatable bonds is 2. The number of hydrogen-bond acceptors (Lipinski definition) is 4. The Hall–Kier alpha value is -0.450. The molecule has 2 rings (SSSR count). The van der Waals surface area contributed by atoms with Gasteiger partial charge in [0.1, 0.15) is 0 Å². The Morgan fingerprint density at radius 1 is 1.64 bits per heavy atom. The first-order valence-electron chi connectivity index (χ1n) is 5.12. The van der Waals surface area contributed by atoms with Gasteiger partial charge in [-0.25, -0.2) is 0 Å². The molecule has 2 heterocycles. The predicted octanol–water partition coefficient (Wildman–Crippen LogP) is 1.33. The third-order valence-corrected chi connectivity index (χ3v) is 3.77. The van der Waals surface area contributed by atoms with Crippen LogP contribution in [-0.2, 0) is 6.54 Å². The molecule has 1 saturated heterocycles. The maximum atomic E-state index is 4.11. The Labute approximate surface area is 89.1 Å². The second kappa shape index (κ2) is 4.38. The van der Waals surface area contributed by atoms with Gasteiger partial charge in [0.05, 0.1) is 5.51 Å². The van der Waals surface area contributed by atoms with E-state index in [1.165, 1.54) is 4.88 Å². The highest BCUT2D eigenvalue weighted by atomic mass is 32.1. The Bertz CT molecular complexity index is 273. The smallest absolute Gasteiger partial charge is 0.0794 e. The summed E-state index contributed by atoms with van der Waals surface area (Å²) in [5, 5.41) is 3.49. The summed E-state index contributed by atoms with van der Waals surface area (Å²) in [5.41, 5.74) is 1.91. The molecule has 0 saturated carbocycles. The molecule has 0 amide bonds. The van der Waals surface area contributed by atoms with Gasteiger partial charge in [-0.05, 0) is 13.8 Å². The van der Waals surface area contributed by atoms with Crippen molar-refractivity contribution in [2.75, 3.05) is 13.1 Å². The van der Waals surface area contributed by atoms with Crippen LogP contribution in [0, 0.1) is 0 Å². The van der Waals surface area contributed by atoms with Crippen molar-refractivity contribution in [1.82, 2.24) is 15.2 Å². The molecule has 1 N–H and O–H groups in total. The van der Waals surface area contributed by atoms with Crippen molar-refractivity contribution >= 4 is 11.3 Å². The molecule has 0 radical (unpaired) electrons. The second-order valence-corrected chi connectivity index (χ2v) is 4.89. The van der Waals surface area contributed by atoms with Gasteiger partial charge in [-0.3, -0.25) is 9.88 Å². The van der Waals surface area contributed by atoms with Crippen LogP contribution >= 0.6 is 11.3 Å². The Morgan fingerprint density at radius 3 is 3.21 bits per heavy atom. The van der Waals surface area contributed by atoms with Crippen molar-refractivity contribution in [3.05, 3.63) is 16.6 Å². The Balaban J connectivity index is 1.97. The zero-order valence-corrected chi connectivity index (χ0v) is 9.55. The van der Waals surface area contributed by atoms with Crippen molar-refractivity contribution in [3.63, 3.8) is 0 Å². The molecule has 0 aromatic carbocycles. The number of aromatic nitrogens is 1. The summed E-state index contributed by atoms with van der Waals surface area (Å²) in [7, 11) is 0. The SMILES string of the molecule is CC1NCCN(Cc2cncs2)C1C. The first-order chi connectivity index (χ1) is 6.77. The molecule has 3 nitrogen and oxygen atoms in total. The lowest BCUT2D eigenvalue weighted by Gasteiger charge is -2.38. The molecular formula is C10H17N3S. The van der Waals surface area contributed by atoms with Crippen LogP contribution in [0.25, 0.3) is 0 Å². The number of hydrogen-bond donors (Lipinski definition) is 1. The molecule has 1 aliphatic heterocycles. The molecule has 0 aliphatic carbocycles. The van der Waals surface area contributed by atoms with Gasteiger partial charge in [0.25, 0.3) is 0 Å². The van der Waals surface area contributed by atoms with Gasteiger partial charge >= 0.3 is 0 Å². The minimum Gasteiger partial charge on any atom is -0.311 e. The number of nitrogens with zero attached hydrogens (tertiary/aromatic N) is 2. The summed E-state index contributed by atoms with van der Waals surface area (Å²) >= 11 is 1.75. The highest BCUT2D eigenvalue weighted by molar-refractivity contribution is 7.09. The Morgan fingerprint density at radius 2 is 2.50 bits per heavy atom. The van der Waals surface area contributed by atoms with Gasteiger partial charge < -0.3 is 5.32 Å². The van der Waals surface area contributed by atoms with E-state index in [-0.39, 0.29) is 0 Å². The highest BCUT2D eigenvalue weighted by Gasteiger charge is 2.24. The summed E-state index contributed by atoms with van der Waals surface area (Å²) in [6.45, 7) is 7.84. The van der Waals surface area contributed by atoms with E-state index in [1.54, 1.807) is 11.3 Å². The number of thiazole rings is 1. The molecule has 1 aromatic heterocycles. The lowest BCUT2D eigenvalue weighted by atomic mass is 10.1. The molecule has 2 unspecified atom stereocenters. The Kier molecular flexibility index (Phi) is 3.15. The zero-order valence-electron chi connectivity index (χ0n) is 8.73. The van der Waals surface area contributed by atoms with Gasteiger partial charge in [0, 0.05) is 42.8 Å². The van der Waals surface area contributed by atoms with Crippen LogP contribution < -0.4 is 5.32 Å². The second-order valence-electron chi connectivity index (χ2n) is 3.92. The molecule has 14 heavy (non-hydrogen) atoms. The average molecular weight is 211 g/mol. The summed E-state index contributed by atoms with van der Waals surface area (Å²) in [6.07, 6.45) is 1.98. The predicted molar refractivity (Wildman–Crippen MR) is 59.5 cm³/mol. The van der Waals surface area contributed by atoms with E-state index >= 15 is 0 Å². The van der Waals surface area contributed by atoms with E-state index in [4.69, 9.17) is 0 Å². The van der Waals surface area contributed by atoms with Crippen LogP contribution in [0.3, 0.4) is 0 Å². The molecule has 78 valence electrons. The first-order valence-corrected chi connectivity index (χ1v) is 6.00. The standard InChI is InChI=1S/C10H17N3S/c1-8-9(2)13(4-3-12-8)6-10-5-11-7-14-10/h5,7-9,12H,3-4,6H2,1-2H3. The third-order valence-electron chi connectivity index (χ3n) is 3.01. The fourth-order valence-electron chi connectivity index (χ4n) is 1.87. The van der Waals surface area contributed by atoms with Crippen LogP contribution in [0.15, 0.2) is 11.7 Å². The van der Waals surface area contributed by atoms with Crippen molar-refractivity contribution < 1.29 is 0 Å². The van der Waals surface area contributed by atoms with Crippen molar-refractivity contribution in [2.45, 2.75) is 32.5 Å². The molecule has 4 heteroatoms. The zero-order chi connectivity index (χ0) is 9.97. The van der Waals surface area contributed by atoms with E-state index in [2.05, 4.69) is 29.0 Å². The number of piperazine rings is 1. The van der Waals surface area contributed by atoms with Gasteiger partial charge in [-0.1, -0.05) is 0 Å². The summed E-state index contributed by atoms with van der Waals surface area (Å²) in [4.78, 5) is 8.00. The topological polar surface area (TPSA) is 28.2 Å². The van der Waals surface area contributed by atoms with E-state index in [1.807, 2.05) is 11.7 Å². The molecular weight excluding hydrogens is 194 g/mol. The lowest BCUT2D eigenvalue weighted by Crippen LogP contribution is -2.54. The van der Waals surface area contributed by atoms with Gasteiger partial charge in [0.15, 0.2) is 0 Å². The lowest BCUT2D eigenvalue weighted by molar-refractivity contribution is 0.132. The fourth-order valence-corrected chi connectivity index (χ4v) is 2.49. The normalized spacial score (nSPS) is 29.3. The maximum Gasteiger partial charge on any atom is 0.0794 e. The summed E-state index contributed by atoms with van der Waals surface area (Å²) in [6, 6.07) is 1.21.